The molecule has 23 heavy (non-hydrogen) atoms. The van der Waals surface area contributed by atoms with Gasteiger partial charge in [-0.25, -0.2) is 4.79 Å². The minimum atomic E-state index is -0.734. The molecule has 0 bridgehead atoms. The molecule has 1 heterocycles. The Bertz CT molecular complexity index is 556. The van der Waals surface area contributed by atoms with Gasteiger partial charge in [-0.05, 0) is 46.1 Å². The van der Waals surface area contributed by atoms with Crippen LogP contribution in [0.3, 0.4) is 0 Å². The smallest absolute Gasteiger partial charge is 0.341 e. The topological polar surface area (TPSA) is 61.8 Å². The SMILES string of the molecule is C=C[C@H]1[C@@H](CC2=C(C(=O)OC)C(=O)CC2)OC(C)(C)OC1(C)C. The van der Waals surface area contributed by atoms with Gasteiger partial charge in [0.25, 0.3) is 0 Å². The summed E-state index contributed by atoms with van der Waals surface area (Å²) in [7, 11) is 1.29. The molecule has 1 aliphatic carbocycles. The molecule has 2 rings (SSSR count). The molecule has 2 atom stereocenters. The Hall–Kier alpha value is -1.46. The molecule has 1 saturated heterocycles. The fourth-order valence-electron chi connectivity index (χ4n) is 3.73. The second-order valence-corrected chi connectivity index (χ2v) is 7.12. The maximum Gasteiger partial charge on any atom is 0.341 e. The lowest BCUT2D eigenvalue weighted by molar-refractivity contribution is -0.340. The predicted molar refractivity (Wildman–Crippen MR) is 85.7 cm³/mol. The standard InChI is InChI=1S/C18H26O5/c1-7-12-14(22-18(4,5)23-17(12,2)3)10-11-8-9-13(19)15(11)16(20)21-6/h7,12,14H,1,8-10H2,2-6H3/t12-,14+/m0/s1. The van der Waals surface area contributed by atoms with Crippen molar-refractivity contribution in [2.24, 2.45) is 5.92 Å². The van der Waals surface area contributed by atoms with Crippen molar-refractivity contribution < 1.29 is 23.8 Å². The number of ether oxygens (including phenoxy) is 3. The maximum absolute atomic E-state index is 12.0. The molecular weight excluding hydrogens is 296 g/mol. The summed E-state index contributed by atoms with van der Waals surface area (Å²) in [5.41, 5.74) is 0.566. The lowest BCUT2D eigenvalue weighted by atomic mass is 9.81. The van der Waals surface area contributed by atoms with E-state index in [-0.39, 0.29) is 23.4 Å². The summed E-state index contributed by atoms with van der Waals surface area (Å²) >= 11 is 0. The Kier molecular flexibility index (Phi) is 4.83. The van der Waals surface area contributed by atoms with Crippen molar-refractivity contribution in [3.05, 3.63) is 23.8 Å². The highest BCUT2D eigenvalue weighted by Gasteiger charge is 2.47. The Morgan fingerprint density at radius 1 is 1.35 bits per heavy atom. The molecule has 2 aliphatic rings. The molecule has 0 radical (unpaired) electrons. The highest BCUT2D eigenvalue weighted by Crippen LogP contribution is 2.42. The average Bonchev–Trinajstić information content (AvgIpc) is 2.76. The van der Waals surface area contributed by atoms with Crippen LogP contribution in [0.15, 0.2) is 23.8 Å². The maximum atomic E-state index is 12.0. The number of esters is 1. The molecule has 0 spiro atoms. The molecule has 0 aromatic rings. The third-order valence-corrected chi connectivity index (χ3v) is 4.52. The minimum Gasteiger partial charge on any atom is -0.465 e. The van der Waals surface area contributed by atoms with Gasteiger partial charge in [-0.2, -0.15) is 0 Å². The van der Waals surface area contributed by atoms with Gasteiger partial charge >= 0.3 is 5.97 Å². The van der Waals surface area contributed by atoms with Crippen LogP contribution < -0.4 is 0 Å². The van der Waals surface area contributed by atoms with Crippen LogP contribution in [0.25, 0.3) is 0 Å². The zero-order valence-electron chi connectivity index (χ0n) is 14.6. The summed E-state index contributed by atoms with van der Waals surface area (Å²) in [5, 5.41) is 0. The number of hydrogen-bond acceptors (Lipinski definition) is 5. The molecule has 0 amide bonds. The van der Waals surface area contributed by atoms with Crippen LogP contribution in [0.1, 0.15) is 47.0 Å². The van der Waals surface area contributed by atoms with E-state index in [9.17, 15) is 9.59 Å². The van der Waals surface area contributed by atoms with Crippen LogP contribution in [0, 0.1) is 5.92 Å². The van der Waals surface area contributed by atoms with Crippen molar-refractivity contribution in [3.63, 3.8) is 0 Å². The van der Waals surface area contributed by atoms with Gasteiger partial charge in [0.1, 0.15) is 5.57 Å². The van der Waals surface area contributed by atoms with Gasteiger partial charge in [-0.15, -0.1) is 6.58 Å². The fourth-order valence-corrected chi connectivity index (χ4v) is 3.73. The number of hydrogen-bond donors (Lipinski definition) is 0. The number of methoxy groups -OCH3 is 1. The molecule has 1 fully saturated rings. The van der Waals surface area contributed by atoms with E-state index in [0.29, 0.717) is 19.3 Å². The molecule has 0 saturated carbocycles. The first-order valence-corrected chi connectivity index (χ1v) is 7.95. The zero-order chi connectivity index (χ0) is 17.4. The Morgan fingerprint density at radius 3 is 2.57 bits per heavy atom. The molecule has 0 N–H and O–H groups in total. The number of Topliss-reactive ketones (excluding diaryl/α,β-unsaturated/α-hetero) is 1. The molecule has 0 aromatic carbocycles. The summed E-state index contributed by atoms with van der Waals surface area (Å²) < 4.78 is 16.8. The second kappa shape index (κ2) is 6.21. The first-order chi connectivity index (χ1) is 10.6. The van der Waals surface area contributed by atoms with Gasteiger partial charge in [0.05, 0.1) is 18.8 Å². The highest BCUT2D eigenvalue weighted by atomic mass is 16.7. The number of carbonyl (C=O) groups is 2. The van der Waals surface area contributed by atoms with Crippen LogP contribution in [-0.4, -0.2) is 36.4 Å². The van der Waals surface area contributed by atoms with Gasteiger partial charge in [-0.1, -0.05) is 6.08 Å². The summed E-state index contributed by atoms with van der Waals surface area (Å²) in [6, 6.07) is 0. The van der Waals surface area contributed by atoms with Gasteiger partial charge in [0.15, 0.2) is 11.6 Å². The van der Waals surface area contributed by atoms with Gasteiger partial charge in [0.2, 0.25) is 0 Å². The molecule has 5 heteroatoms. The second-order valence-electron chi connectivity index (χ2n) is 7.12. The van der Waals surface area contributed by atoms with Gasteiger partial charge in [-0.3, -0.25) is 4.79 Å². The summed E-state index contributed by atoms with van der Waals surface area (Å²) in [6.07, 6.45) is 3.06. The van der Waals surface area contributed by atoms with Crippen molar-refractivity contribution in [1.29, 1.82) is 0 Å². The van der Waals surface area contributed by atoms with Crippen molar-refractivity contribution in [2.75, 3.05) is 7.11 Å². The molecule has 5 nitrogen and oxygen atoms in total. The predicted octanol–water partition coefficient (Wildman–Crippen LogP) is 2.94. The Morgan fingerprint density at radius 2 is 2.00 bits per heavy atom. The van der Waals surface area contributed by atoms with E-state index in [1.807, 2.05) is 33.8 Å². The van der Waals surface area contributed by atoms with Crippen molar-refractivity contribution >= 4 is 11.8 Å². The number of ketones is 1. The summed E-state index contributed by atoms with van der Waals surface area (Å²) in [4.78, 5) is 23.9. The van der Waals surface area contributed by atoms with Crippen LogP contribution in [0.4, 0.5) is 0 Å². The fraction of sp³-hybridized carbons (Fsp3) is 0.667. The van der Waals surface area contributed by atoms with Gasteiger partial charge < -0.3 is 14.2 Å². The van der Waals surface area contributed by atoms with E-state index >= 15 is 0 Å². The van der Waals surface area contributed by atoms with Crippen molar-refractivity contribution in [1.82, 2.24) is 0 Å². The normalized spacial score (nSPS) is 29.5. The first kappa shape index (κ1) is 17.9. The Balaban J connectivity index is 2.32. The largest absolute Gasteiger partial charge is 0.465 e. The zero-order valence-corrected chi connectivity index (χ0v) is 14.6. The lowest BCUT2D eigenvalue weighted by Crippen LogP contribution is -2.55. The summed E-state index contributed by atoms with van der Waals surface area (Å²) in [6.45, 7) is 11.7. The van der Waals surface area contributed by atoms with Crippen LogP contribution in [0.5, 0.6) is 0 Å². The third kappa shape index (κ3) is 3.56. The van der Waals surface area contributed by atoms with E-state index in [4.69, 9.17) is 14.2 Å². The number of carbonyl (C=O) groups excluding carboxylic acids is 2. The molecule has 0 aromatic heterocycles. The summed E-state index contributed by atoms with van der Waals surface area (Å²) in [5.74, 6) is -1.48. The molecule has 128 valence electrons. The Labute approximate surface area is 137 Å². The lowest BCUT2D eigenvalue weighted by Gasteiger charge is -2.50. The van der Waals surface area contributed by atoms with E-state index in [1.165, 1.54) is 7.11 Å². The monoisotopic (exact) mass is 322 g/mol. The third-order valence-electron chi connectivity index (χ3n) is 4.52. The van der Waals surface area contributed by atoms with Crippen molar-refractivity contribution in [3.8, 4) is 0 Å². The van der Waals surface area contributed by atoms with Gasteiger partial charge in [0, 0.05) is 12.3 Å². The van der Waals surface area contributed by atoms with Crippen LogP contribution >= 0.6 is 0 Å². The molecular formula is C18H26O5. The van der Waals surface area contributed by atoms with E-state index in [2.05, 4.69) is 6.58 Å². The average molecular weight is 322 g/mol. The quantitative estimate of drug-likeness (QED) is 0.452. The van der Waals surface area contributed by atoms with E-state index in [0.717, 1.165) is 5.57 Å². The van der Waals surface area contributed by atoms with E-state index in [1.54, 1.807) is 0 Å². The molecule has 1 aliphatic heterocycles. The number of rotatable bonds is 4. The first-order valence-electron chi connectivity index (χ1n) is 7.95. The van der Waals surface area contributed by atoms with Crippen molar-refractivity contribution in [2.45, 2.75) is 64.4 Å². The van der Waals surface area contributed by atoms with E-state index < -0.39 is 17.4 Å². The highest BCUT2D eigenvalue weighted by molar-refractivity contribution is 6.19. The molecule has 0 unspecified atom stereocenters. The van der Waals surface area contributed by atoms with Crippen LogP contribution in [0.2, 0.25) is 0 Å². The minimum absolute atomic E-state index is 0.0439. The van der Waals surface area contributed by atoms with Crippen LogP contribution in [-0.2, 0) is 23.8 Å².